The molecule has 0 fully saturated rings. The molecule has 0 spiro atoms. The van der Waals surface area contributed by atoms with Gasteiger partial charge in [-0.25, -0.2) is 4.98 Å². The van der Waals surface area contributed by atoms with Crippen molar-refractivity contribution >= 4 is 34.3 Å². The van der Waals surface area contributed by atoms with Gasteiger partial charge >= 0.3 is 0 Å². The fraction of sp³-hybridized carbons (Fsp3) is 0.462. The molecular weight excluding hydrogens is 284 g/mol. The molecule has 2 aromatic rings. The minimum absolute atomic E-state index is 0.0588. The van der Waals surface area contributed by atoms with Crippen molar-refractivity contribution in [2.24, 2.45) is 5.73 Å². The number of hydrogen-bond donors (Lipinski definition) is 1. The number of halogens is 1. The molecule has 0 aromatic carbocycles. The standard InChI is InChI=1S/C13H17ClN2S2/c1-13(2,3)10-7-18-11(16-10)6-9(15)12-8(14)4-5-17-12/h4-5,7,9H,6,15H2,1-3H3. The predicted octanol–water partition coefficient (Wildman–Crippen LogP) is 4.40. The molecule has 1 unspecified atom stereocenters. The van der Waals surface area contributed by atoms with Gasteiger partial charge in [0.25, 0.3) is 0 Å². The highest BCUT2D eigenvalue weighted by atomic mass is 35.5. The van der Waals surface area contributed by atoms with Crippen LogP contribution in [0.4, 0.5) is 0 Å². The summed E-state index contributed by atoms with van der Waals surface area (Å²) >= 11 is 9.38. The molecule has 98 valence electrons. The molecule has 0 saturated carbocycles. The largest absolute Gasteiger partial charge is 0.323 e. The Balaban J connectivity index is 2.11. The van der Waals surface area contributed by atoms with Crippen LogP contribution in [0.25, 0.3) is 0 Å². The highest BCUT2D eigenvalue weighted by Crippen LogP contribution is 2.31. The summed E-state index contributed by atoms with van der Waals surface area (Å²) in [7, 11) is 0. The number of nitrogens with zero attached hydrogens (tertiary/aromatic N) is 1. The molecule has 0 amide bonds. The number of thiazole rings is 1. The average Bonchev–Trinajstić information content (AvgIpc) is 2.85. The van der Waals surface area contributed by atoms with E-state index in [4.69, 9.17) is 17.3 Å². The van der Waals surface area contributed by atoms with Crippen molar-refractivity contribution in [2.75, 3.05) is 0 Å². The predicted molar refractivity (Wildman–Crippen MR) is 80.8 cm³/mol. The minimum Gasteiger partial charge on any atom is -0.323 e. The number of hydrogen-bond acceptors (Lipinski definition) is 4. The van der Waals surface area contributed by atoms with Crippen LogP contribution < -0.4 is 5.73 Å². The fourth-order valence-electron chi connectivity index (χ4n) is 1.60. The molecule has 2 nitrogen and oxygen atoms in total. The van der Waals surface area contributed by atoms with Gasteiger partial charge in [-0.1, -0.05) is 32.4 Å². The maximum atomic E-state index is 6.18. The van der Waals surface area contributed by atoms with Crippen LogP contribution in [0.3, 0.4) is 0 Å². The number of nitrogens with two attached hydrogens (primary N) is 1. The number of aromatic nitrogens is 1. The Hall–Kier alpha value is -0.420. The van der Waals surface area contributed by atoms with Gasteiger partial charge in [-0.3, -0.25) is 0 Å². The highest BCUT2D eigenvalue weighted by Gasteiger charge is 2.19. The van der Waals surface area contributed by atoms with Crippen LogP contribution in [-0.4, -0.2) is 4.98 Å². The van der Waals surface area contributed by atoms with Crippen molar-refractivity contribution < 1.29 is 0 Å². The van der Waals surface area contributed by atoms with Gasteiger partial charge in [-0.05, 0) is 11.4 Å². The van der Waals surface area contributed by atoms with Crippen molar-refractivity contribution in [3.8, 4) is 0 Å². The van der Waals surface area contributed by atoms with E-state index in [0.29, 0.717) is 0 Å². The van der Waals surface area contributed by atoms with E-state index in [1.54, 1.807) is 22.7 Å². The molecule has 1 atom stereocenters. The second-order valence-corrected chi connectivity index (χ2v) is 7.62. The van der Waals surface area contributed by atoms with Crippen LogP contribution in [0.15, 0.2) is 16.8 Å². The van der Waals surface area contributed by atoms with Gasteiger partial charge in [0.2, 0.25) is 0 Å². The van der Waals surface area contributed by atoms with Gasteiger partial charge in [0.1, 0.15) is 0 Å². The van der Waals surface area contributed by atoms with Gasteiger partial charge in [-0.15, -0.1) is 22.7 Å². The van der Waals surface area contributed by atoms with Crippen LogP contribution in [0.5, 0.6) is 0 Å². The monoisotopic (exact) mass is 300 g/mol. The zero-order valence-electron chi connectivity index (χ0n) is 10.7. The van der Waals surface area contributed by atoms with Crippen LogP contribution in [-0.2, 0) is 11.8 Å². The lowest BCUT2D eigenvalue weighted by Gasteiger charge is -2.14. The molecule has 0 saturated heterocycles. The first-order valence-electron chi connectivity index (χ1n) is 5.81. The lowest BCUT2D eigenvalue weighted by atomic mass is 9.93. The first-order valence-corrected chi connectivity index (χ1v) is 7.95. The number of thiophene rings is 1. The smallest absolute Gasteiger partial charge is 0.0947 e. The van der Waals surface area contributed by atoms with E-state index < -0.39 is 0 Å². The van der Waals surface area contributed by atoms with E-state index >= 15 is 0 Å². The van der Waals surface area contributed by atoms with Crippen molar-refractivity contribution in [3.63, 3.8) is 0 Å². The lowest BCUT2D eigenvalue weighted by molar-refractivity contribution is 0.569. The lowest BCUT2D eigenvalue weighted by Crippen LogP contribution is -2.14. The van der Waals surface area contributed by atoms with Crippen LogP contribution in [0.2, 0.25) is 5.02 Å². The summed E-state index contributed by atoms with van der Waals surface area (Å²) in [4.78, 5) is 5.71. The summed E-state index contributed by atoms with van der Waals surface area (Å²) < 4.78 is 0. The van der Waals surface area contributed by atoms with Crippen LogP contribution >= 0.6 is 34.3 Å². The second-order valence-electron chi connectivity index (χ2n) is 5.32. The molecule has 0 aliphatic rings. The first-order chi connectivity index (χ1) is 8.38. The topological polar surface area (TPSA) is 38.9 Å². The van der Waals surface area contributed by atoms with Crippen LogP contribution in [0, 0.1) is 0 Å². The van der Waals surface area contributed by atoms with E-state index in [1.165, 1.54) is 0 Å². The van der Waals surface area contributed by atoms with Gasteiger partial charge < -0.3 is 5.73 Å². The second kappa shape index (κ2) is 5.29. The summed E-state index contributed by atoms with van der Waals surface area (Å²) in [5.41, 5.74) is 7.41. The molecule has 0 aliphatic heterocycles. The molecule has 2 rings (SSSR count). The Kier molecular flexibility index (Phi) is 4.11. The summed E-state index contributed by atoms with van der Waals surface area (Å²) in [6.45, 7) is 6.51. The van der Waals surface area contributed by atoms with Gasteiger partial charge in [0.05, 0.1) is 15.7 Å². The van der Waals surface area contributed by atoms with Gasteiger partial charge in [0.15, 0.2) is 0 Å². The Morgan fingerprint density at radius 3 is 2.61 bits per heavy atom. The third-order valence-corrected chi connectivity index (χ3v) is 5.06. The maximum absolute atomic E-state index is 6.18. The van der Waals surface area contributed by atoms with Crippen molar-refractivity contribution in [1.82, 2.24) is 4.98 Å². The summed E-state index contributed by atoms with van der Waals surface area (Å²) in [5.74, 6) is 0. The fourth-order valence-corrected chi connectivity index (χ4v) is 3.88. The van der Waals surface area contributed by atoms with Crippen molar-refractivity contribution in [3.05, 3.63) is 37.4 Å². The molecule has 2 heterocycles. The van der Waals surface area contributed by atoms with Crippen molar-refractivity contribution in [1.29, 1.82) is 0 Å². The van der Waals surface area contributed by atoms with Gasteiger partial charge in [0, 0.05) is 28.1 Å². The van der Waals surface area contributed by atoms with E-state index in [1.807, 2.05) is 11.4 Å². The molecular formula is C13H17ClN2S2. The SMILES string of the molecule is CC(C)(C)c1csc(CC(N)c2sccc2Cl)n1. The third kappa shape index (κ3) is 3.12. The first kappa shape index (κ1) is 14.0. The highest BCUT2D eigenvalue weighted by molar-refractivity contribution is 7.10. The summed E-state index contributed by atoms with van der Waals surface area (Å²) in [5, 5.41) is 5.94. The Morgan fingerprint density at radius 2 is 2.11 bits per heavy atom. The Labute approximate surface area is 121 Å². The van der Waals surface area contributed by atoms with Crippen LogP contribution in [0.1, 0.15) is 42.4 Å². The number of rotatable bonds is 3. The normalized spacial score (nSPS) is 13.8. The average molecular weight is 301 g/mol. The summed E-state index contributed by atoms with van der Waals surface area (Å²) in [6, 6.07) is 1.83. The third-order valence-electron chi connectivity index (χ3n) is 2.70. The molecule has 0 aliphatic carbocycles. The molecule has 0 bridgehead atoms. The van der Waals surface area contributed by atoms with Crippen molar-refractivity contribution in [2.45, 2.75) is 38.6 Å². The van der Waals surface area contributed by atoms with E-state index in [2.05, 4.69) is 31.1 Å². The van der Waals surface area contributed by atoms with Gasteiger partial charge in [-0.2, -0.15) is 0 Å². The quantitative estimate of drug-likeness (QED) is 0.912. The molecule has 2 aromatic heterocycles. The minimum atomic E-state index is -0.0588. The molecule has 5 heteroatoms. The maximum Gasteiger partial charge on any atom is 0.0947 e. The zero-order valence-corrected chi connectivity index (χ0v) is 13.1. The Morgan fingerprint density at radius 1 is 1.39 bits per heavy atom. The molecule has 18 heavy (non-hydrogen) atoms. The molecule has 0 radical (unpaired) electrons. The van der Waals surface area contributed by atoms with E-state index in [0.717, 1.165) is 27.0 Å². The summed E-state index contributed by atoms with van der Waals surface area (Å²) in [6.07, 6.45) is 0.751. The Bertz CT molecular complexity index is 525. The van der Waals surface area contributed by atoms with E-state index in [9.17, 15) is 0 Å². The zero-order chi connectivity index (χ0) is 13.3. The molecule has 2 N–H and O–H groups in total. The van der Waals surface area contributed by atoms with E-state index in [-0.39, 0.29) is 11.5 Å².